The van der Waals surface area contributed by atoms with Crippen molar-refractivity contribution in [3.8, 4) is 16.9 Å². The summed E-state index contributed by atoms with van der Waals surface area (Å²) in [5, 5.41) is 9.35. The van der Waals surface area contributed by atoms with Gasteiger partial charge < -0.3 is 5.11 Å². The molecule has 0 aliphatic rings. The van der Waals surface area contributed by atoms with Crippen LogP contribution in [0.5, 0.6) is 5.75 Å². The van der Waals surface area contributed by atoms with E-state index in [1.54, 1.807) is 19.1 Å². The fourth-order valence-electron chi connectivity index (χ4n) is 1.54. The largest absolute Gasteiger partial charge is 0.508 e. The summed E-state index contributed by atoms with van der Waals surface area (Å²) in [7, 11) is 0. The number of phenolic OH excluding ortho intramolecular Hbond substituents is 1. The van der Waals surface area contributed by atoms with Crippen LogP contribution in [0.3, 0.4) is 0 Å². The molecule has 0 bridgehead atoms. The molecule has 0 saturated carbocycles. The number of aryl methyl sites for hydroxylation is 1. The van der Waals surface area contributed by atoms with Gasteiger partial charge in [-0.1, -0.05) is 6.07 Å². The molecular formula is C13H10F2O. The summed E-state index contributed by atoms with van der Waals surface area (Å²) in [5.41, 5.74) is 1.37. The quantitative estimate of drug-likeness (QED) is 0.777. The van der Waals surface area contributed by atoms with Gasteiger partial charge in [0.25, 0.3) is 0 Å². The summed E-state index contributed by atoms with van der Waals surface area (Å²) in [6.45, 7) is 1.70. The number of phenols is 1. The van der Waals surface area contributed by atoms with Crippen LogP contribution in [0.4, 0.5) is 8.78 Å². The van der Waals surface area contributed by atoms with Crippen molar-refractivity contribution < 1.29 is 13.9 Å². The van der Waals surface area contributed by atoms with Gasteiger partial charge in [0.1, 0.15) is 17.4 Å². The van der Waals surface area contributed by atoms with Crippen LogP contribution in [0, 0.1) is 18.6 Å². The molecule has 0 spiro atoms. The molecule has 1 N–H and O–H groups in total. The van der Waals surface area contributed by atoms with E-state index in [0.717, 1.165) is 18.2 Å². The molecule has 16 heavy (non-hydrogen) atoms. The monoisotopic (exact) mass is 220 g/mol. The molecule has 2 rings (SSSR count). The van der Waals surface area contributed by atoms with Crippen molar-refractivity contribution in [2.24, 2.45) is 0 Å². The van der Waals surface area contributed by atoms with Crippen LogP contribution in [0.25, 0.3) is 11.1 Å². The minimum Gasteiger partial charge on any atom is -0.508 e. The first kappa shape index (κ1) is 10.6. The van der Waals surface area contributed by atoms with Gasteiger partial charge in [0.15, 0.2) is 0 Å². The Balaban J connectivity index is 2.58. The van der Waals surface area contributed by atoms with Crippen LogP contribution in [0.1, 0.15) is 5.56 Å². The highest BCUT2D eigenvalue weighted by Gasteiger charge is 2.07. The molecule has 0 radical (unpaired) electrons. The number of halogens is 2. The highest BCUT2D eigenvalue weighted by atomic mass is 19.1. The normalized spacial score (nSPS) is 10.4. The fraction of sp³-hybridized carbons (Fsp3) is 0.0769. The third kappa shape index (κ3) is 1.89. The van der Waals surface area contributed by atoms with Crippen LogP contribution < -0.4 is 0 Å². The lowest BCUT2D eigenvalue weighted by molar-refractivity contribution is 0.471. The van der Waals surface area contributed by atoms with Gasteiger partial charge in [-0.15, -0.1) is 0 Å². The second kappa shape index (κ2) is 3.93. The van der Waals surface area contributed by atoms with Crippen molar-refractivity contribution in [3.63, 3.8) is 0 Å². The number of rotatable bonds is 1. The van der Waals surface area contributed by atoms with E-state index < -0.39 is 11.6 Å². The van der Waals surface area contributed by atoms with Gasteiger partial charge in [0, 0.05) is 5.56 Å². The average molecular weight is 220 g/mol. The average Bonchev–Trinajstić information content (AvgIpc) is 2.26. The Labute approximate surface area is 92.0 Å². The molecule has 0 amide bonds. The zero-order chi connectivity index (χ0) is 11.7. The van der Waals surface area contributed by atoms with Gasteiger partial charge in [0.2, 0.25) is 0 Å². The van der Waals surface area contributed by atoms with Crippen LogP contribution in [0.15, 0.2) is 36.4 Å². The van der Waals surface area contributed by atoms with E-state index in [-0.39, 0.29) is 11.3 Å². The van der Waals surface area contributed by atoms with E-state index in [1.807, 2.05) is 0 Å². The molecule has 0 saturated heterocycles. The van der Waals surface area contributed by atoms with E-state index in [9.17, 15) is 13.9 Å². The third-order valence-corrected chi connectivity index (χ3v) is 2.44. The molecule has 0 aliphatic carbocycles. The van der Waals surface area contributed by atoms with E-state index in [4.69, 9.17) is 0 Å². The summed E-state index contributed by atoms with van der Waals surface area (Å²) in [6.07, 6.45) is 0. The van der Waals surface area contributed by atoms with Gasteiger partial charge in [-0.3, -0.25) is 0 Å². The minimum atomic E-state index is -0.484. The molecule has 0 atom stereocenters. The molecule has 1 nitrogen and oxygen atoms in total. The Bertz CT molecular complexity index is 535. The Kier molecular flexibility index (Phi) is 2.60. The molecule has 2 aromatic rings. The van der Waals surface area contributed by atoms with Gasteiger partial charge in [-0.25, -0.2) is 8.78 Å². The predicted molar refractivity (Wildman–Crippen MR) is 58.2 cm³/mol. The molecule has 3 heteroatoms. The third-order valence-electron chi connectivity index (χ3n) is 2.44. The topological polar surface area (TPSA) is 20.2 Å². The van der Waals surface area contributed by atoms with Crippen molar-refractivity contribution >= 4 is 0 Å². The Morgan fingerprint density at radius 3 is 2.44 bits per heavy atom. The molecule has 0 aromatic heterocycles. The first-order valence-corrected chi connectivity index (χ1v) is 4.83. The van der Waals surface area contributed by atoms with Crippen molar-refractivity contribution in [2.75, 3.05) is 0 Å². The maximum absolute atomic E-state index is 13.5. The second-order valence-electron chi connectivity index (χ2n) is 3.63. The summed E-state index contributed by atoms with van der Waals surface area (Å²) >= 11 is 0. The number of hydrogen-bond donors (Lipinski definition) is 1. The number of hydrogen-bond acceptors (Lipinski definition) is 1. The van der Waals surface area contributed by atoms with Crippen molar-refractivity contribution in [2.45, 2.75) is 6.92 Å². The van der Waals surface area contributed by atoms with Gasteiger partial charge in [0.05, 0.1) is 0 Å². The molecule has 82 valence electrons. The lowest BCUT2D eigenvalue weighted by atomic mass is 10.0. The van der Waals surface area contributed by atoms with Crippen LogP contribution in [-0.2, 0) is 0 Å². The second-order valence-corrected chi connectivity index (χ2v) is 3.63. The van der Waals surface area contributed by atoms with Crippen LogP contribution in [0.2, 0.25) is 0 Å². The smallest absolute Gasteiger partial charge is 0.131 e. The summed E-state index contributed by atoms with van der Waals surface area (Å²) < 4.78 is 26.5. The predicted octanol–water partition coefficient (Wildman–Crippen LogP) is 3.65. The van der Waals surface area contributed by atoms with Gasteiger partial charge >= 0.3 is 0 Å². The molecule has 0 unspecified atom stereocenters. The maximum Gasteiger partial charge on any atom is 0.131 e. The lowest BCUT2D eigenvalue weighted by Crippen LogP contribution is -1.87. The summed E-state index contributed by atoms with van der Waals surface area (Å²) in [6, 6.07) is 7.95. The van der Waals surface area contributed by atoms with E-state index in [0.29, 0.717) is 11.1 Å². The molecule has 0 aliphatic heterocycles. The maximum atomic E-state index is 13.5. The van der Waals surface area contributed by atoms with Gasteiger partial charge in [-0.2, -0.15) is 0 Å². The van der Waals surface area contributed by atoms with Crippen molar-refractivity contribution in [1.82, 2.24) is 0 Å². The fourth-order valence-corrected chi connectivity index (χ4v) is 1.54. The zero-order valence-corrected chi connectivity index (χ0v) is 8.67. The Morgan fingerprint density at radius 2 is 1.75 bits per heavy atom. The molecule has 2 aromatic carbocycles. The number of aromatic hydroxyl groups is 1. The molecule has 0 heterocycles. The van der Waals surface area contributed by atoms with Crippen molar-refractivity contribution in [3.05, 3.63) is 53.6 Å². The standard InChI is InChI=1S/C13H10F2O/c1-8-6-9(2-5-13(8)16)11-7-10(14)3-4-12(11)15/h2-7,16H,1H3. The summed E-state index contributed by atoms with van der Waals surface area (Å²) in [4.78, 5) is 0. The lowest BCUT2D eigenvalue weighted by Gasteiger charge is -2.06. The first-order chi connectivity index (χ1) is 7.58. The van der Waals surface area contributed by atoms with Crippen LogP contribution in [-0.4, -0.2) is 5.11 Å². The first-order valence-electron chi connectivity index (χ1n) is 4.83. The Hall–Kier alpha value is -1.90. The van der Waals surface area contributed by atoms with Crippen LogP contribution >= 0.6 is 0 Å². The Morgan fingerprint density at radius 1 is 1.00 bits per heavy atom. The van der Waals surface area contributed by atoms with E-state index in [2.05, 4.69) is 0 Å². The van der Waals surface area contributed by atoms with Crippen molar-refractivity contribution in [1.29, 1.82) is 0 Å². The highest BCUT2D eigenvalue weighted by molar-refractivity contribution is 5.66. The molecule has 0 fully saturated rings. The SMILES string of the molecule is Cc1cc(-c2cc(F)ccc2F)ccc1O. The zero-order valence-electron chi connectivity index (χ0n) is 8.67. The molecular weight excluding hydrogens is 210 g/mol. The van der Waals surface area contributed by atoms with E-state index >= 15 is 0 Å². The number of benzene rings is 2. The minimum absolute atomic E-state index is 0.139. The van der Waals surface area contributed by atoms with E-state index in [1.165, 1.54) is 6.07 Å². The summed E-state index contributed by atoms with van der Waals surface area (Å²) in [5.74, 6) is -0.825. The van der Waals surface area contributed by atoms with Gasteiger partial charge in [-0.05, 0) is 48.4 Å². The highest BCUT2D eigenvalue weighted by Crippen LogP contribution is 2.27.